The first-order valence-corrected chi connectivity index (χ1v) is 45.6. The van der Waals surface area contributed by atoms with Gasteiger partial charge < -0.3 is 33.8 Å². The van der Waals surface area contributed by atoms with Gasteiger partial charge in [-0.1, -0.05) is 388 Å². The van der Waals surface area contributed by atoms with Crippen molar-refractivity contribution < 1.29 is 80.2 Å². The van der Waals surface area contributed by atoms with Crippen molar-refractivity contribution >= 4 is 39.5 Å². The molecular weight excluding hydrogens is 1320 g/mol. The minimum absolute atomic E-state index is 0.108. The number of phosphoric acid groups is 2. The minimum Gasteiger partial charge on any atom is -0.462 e. The number of phosphoric ester groups is 2. The molecule has 0 amide bonds. The fraction of sp³-hybridized carbons (Fsp3) is 0.951. The predicted molar refractivity (Wildman–Crippen MR) is 414 cm³/mol. The molecule has 0 aliphatic carbocycles. The molecule has 0 aliphatic heterocycles. The Morgan fingerprint density at radius 1 is 0.267 bits per heavy atom. The average Bonchev–Trinajstić information content (AvgIpc) is 1.14. The minimum atomic E-state index is -4.96. The number of rotatable bonds is 82. The summed E-state index contributed by atoms with van der Waals surface area (Å²) in [6, 6.07) is 0. The zero-order valence-electron chi connectivity index (χ0n) is 66.1. The van der Waals surface area contributed by atoms with Gasteiger partial charge in [-0.3, -0.25) is 37.3 Å². The lowest BCUT2D eigenvalue weighted by atomic mass is 10.0. The van der Waals surface area contributed by atoms with Gasteiger partial charge in [-0.15, -0.1) is 0 Å². The second-order valence-electron chi connectivity index (χ2n) is 30.0. The Morgan fingerprint density at radius 2 is 0.455 bits per heavy atom. The van der Waals surface area contributed by atoms with Crippen LogP contribution in [0.3, 0.4) is 0 Å². The van der Waals surface area contributed by atoms with Crippen LogP contribution in [-0.2, 0) is 65.4 Å². The fourth-order valence-corrected chi connectivity index (χ4v) is 14.3. The summed E-state index contributed by atoms with van der Waals surface area (Å²) in [4.78, 5) is 73.1. The number of ether oxygens (including phenoxy) is 4. The fourth-order valence-electron chi connectivity index (χ4n) is 12.8. The number of aliphatic hydroxyl groups is 1. The number of hydrogen-bond acceptors (Lipinski definition) is 15. The third kappa shape index (κ3) is 76.1. The Morgan fingerprint density at radius 3 is 0.673 bits per heavy atom. The molecule has 0 heterocycles. The molecule has 3 N–H and O–H groups in total. The van der Waals surface area contributed by atoms with Crippen LogP contribution in [-0.4, -0.2) is 96.7 Å². The predicted octanol–water partition coefficient (Wildman–Crippen LogP) is 24.8. The molecule has 2 unspecified atom stereocenters. The van der Waals surface area contributed by atoms with E-state index in [0.717, 1.165) is 95.8 Å². The lowest BCUT2D eigenvalue weighted by molar-refractivity contribution is -0.161. The van der Waals surface area contributed by atoms with E-state index in [1.54, 1.807) is 0 Å². The van der Waals surface area contributed by atoms with Crippen molar-refractivity contribution in [1.82, 2.24) is 0 Å². The second kappa shape index (κ2) is 74.9. The van der Waals surface area contributed by atoms with Crippen molar-refractivity contribution in [2.24, 2.45) is 5.92 Å². The van der Waals surface area contributed by atoms with Crippen molar-refractivity contribution in [3.05, 3.63) is 0 Å². The molecule has 0 aromatic rings. The maximum absolute atomic E-state index is 13.1. The van der Waals surface area contributed by atoms with Gasteiger partial charge in [0.2, 0.25) is 0 Å². The molecule has 0 saturated heterocycles. The number of carbonyl (C=O) groups excluding carboxylic acids is 4. The van der Waals surface area contributed by atoms with Crippen LogP contribution in [0, 0.1) is 5.92 Å². The summed E-state index contributed by atoms with van der Waals surface area (Å²) in [5, 5.41) is 10.7. The average molecular weight is 1480 g/mol. The van der Waals surface area contributed by atoms with Gasteiger partial charge in [0.25, 0.3) is 0 Å². The maximum Gasteiger partial charge on any atom is 0.472 e. The quantitative estimate of drug-likeness (QED) is 0.0222. The summed E-state index contributed by atoms with van der Waals surface area (Å²) in [5.74, 6) is -1.33. The van der Waals surface area contributed by atoms with Gasteiger partial charge >= 0.3 is 39.5 Å². The Kier molecular flexibility index (Phi) is 73.5. The van der Waals surface area contributed by atoms with Crippen molar-refractivity contribution in [1.29, 1.82) is 0 Å². The molecule has 0 aliphatic rings. The normalized spacial score (nSPS) is 13.8. The van der Waals surface area contributed by atoms with Gasteiger partial charge in [-0.05, 0) is 31.6 Å². The van der Waals surface area contributed by atoms with Crippen LogP contribution < -0.4 is 0 Å². The molecule has 0 aromatic heterocycles. The maximum atomic E-state index is 13.1. The lowest BCUT2D eigenvalue weighted by Gasteiger charge is -2.21. The van der Waals surface area contributed by atoms with Crippen LogP contribution in [0.2, 0.25) is 0 Å². The molecule has 0 fully saturated rings. The molecule has 0 rings (SSSR count). The SMILES string of the molecule is CCCCCCCCCCCCCCCCCCCCC(=O)O[C@H](COC(=O)CCCCCCCCCCCCCCCCCCC)COP(=O)(O)OC[C@@H](O)COP(=O)(O)OC[C@@H](COC(=O)CCCCCCCCCCCCC)OC(=O)CCCCCCCCCCCCCCC(C)C. The van der Waals surface area contributed by atoms with Gasteiger partial charge in [0.1, 0.15) is 19.3 Å². The number of unbranched alkanes of at least 4 members (excludes halogenated alkanes) is 54. The van der Waals surface area contributed by atoms with E-state index in [1.807, 2.05) is 0 Å². The third-order valence-corrected chi connectivity index (χ3v) is 21.2. The van der Waals surface area contributed by atoms with Crippen molar-refractivity contribution in [2.45, 2.75) is 457 Å². The van der Waals surface area contributed by atoms with Gasteiger partial charge in [0.15, 0.2) is 12.2 Å². The van der Waals surface area contributed by atoms with E-state index in [4.69, 9.17) is 37.0 Å². The van der Waals surface area contributed by atoms with Crippen LogP contribution in [0.5, 0.6) is 0 Å². The molecule has 19 heteroatoms. The van der Waals surface area contributed by atoms with Crippen molar-refractivity contribution in [3.63, 3.8) is 0 Å². The lowest BCUT2D eigenvalue weighted by Crippen LogP contribution is -2.30. The standard InChI is InChI=1S/C82H160O17P2/c1-6-9-12-15-18-21-24-26-28-30-32-34-36-42-47-52-57-62-67-81(86)98-78(72-93-80(85)66-61-56-51-46-41-35-33-31-29-27-25-22-19-16-13-10-7-2)74-97-101(90,91)95-70-76(83)69-94-100(88,89)96-73-77(71-92-79(84)65-60-55-50-45-39-23-20-17-14-11-8-3)99-82(87)68-63-58-53-48-43-38-37-40-44-49-54-59-64-75(4)5/h75-78,83H,6-74H2,1-5H3,(H,88,89)(H,90,91)/t76-,77+,78+/m0/s1. The number of carbonyl (C=O) groups is 4. The molecule has 0 saturated carbocycles. The van der Waals surface area contributed by atoms with Crippen LogP contribution in [0.25, 0.3) is 0 Å². The zero-order valence-corrected chi connectivity index (χ0v) is 67.8. The third-order valence-electron chi connectivity index (χ3n) is 19.3. The summed E-state index contributed by atoms with van der Waals surface area (Å²) in [6.45, 7) is 7.35. The molecular formula is C82H160O17P2. The topological polar surface area (TPSA) is 237 Å². The summed E-state index contributed by atoms with van der Waals surface area (Å²) < 4.78 is 68.8. The van der Waals surface area contributed by atoms with E-state index in [-0.39, 0.29) is 25.7 Å². The van der Waals surface area contributed by atoms with E-state index >= 15 is 0 Å². The highest BCUT2D eigenvalue weighted by Crippen LogP contribution is 2.45. The first-order valence-electron chi connectivity index (χ1n) is 42.6. The van der Waals surface area contributed by atoms with Gasteiger partial charge in [-0.25, -0.2) is 9.13 Å². The van der Waals surface area contributed by atoms with Crippen molar-refractivity contribution in [3.8, 4) is 0 Å². The van der Waals surface area contributed by atoms with Crippen LogP contribution in [0.15, 0.2) is 0 Å². The summed E-state index contributed by atoms with van der Waals surface area (Å²) in [5.41, 5.74) is 0. The highest BCUT2D eigenvalue weighted by Gasteiger charge is 2.30. The van der Waals surface area contributed by atoms with E-state index in [2.05, 4.69) is 34.6 Å². The van der Waals surface area contributed by atoms with E-state index in [9.17, 15) is 43.2 Å². The number of aliphatic hydroxyl groups excluding tert-OH is 1. The van der Waals surface area contributed by atoms with Crippen LogP contribution in [0.1, 0.15) is 439 Å². The van der Waals surface area contributed by atoms with E-state index in [1.165, 1.54) is 263 Å². The molecule has 0 radical (unpaired) electrons. The summed E-state index contributed by atoms with van der Waals surface area (Å²) in [7, 11) is -9.92. The first kappa shape index (κ1) is 99.1. The Balaban J connectivity index is 5.25. The molecule has 17 nitrogen and oxygen atoms in total. The largest absolute Gasteiger partial charge is 0.472 e. The highest BCUT2D eigenvalue weighted by molar-refractivity contribution is 7.47. The van der Waals surface area contributed by atoms with Gasteiger partial charge in [-0.2, -0.15) is 0 Å². The second-order valence-corrected chi connectivity index (χ2v) is 32.9. The van der Waals surface area contributed by atoms with Crippen LogP contribution >= 0.6 is 15.6 Å². The van der Waals surface area contributed by atoms with E-state index < -0.39 is 97.5 Å². The smallest absolute Gasteiger partial charge is 0.462 e. The molecule has 0 aromatic carbocycles. The number of esters is 4. The summed E-state index contributed by atoms with van der Waals surface area (Å²) >= 11 is 0. The number of hydrogen-bond donors (Lipinski definition) is 3. The monoisotopic (exact) mass is 1480 g/mol. The molecule has 5 atom stereocenters. The van der Waals surface area contributed by atoms with Gasteiger partial charge in [0.05, 0.1) is 26.4 Å². The Hall–Kier alpha value is -1.94. The Labute approximate surface area is 619 Å². The van der Waals surface area contributed by atoms with Gasteiger partial charge in [0, 0.05) is 25.7 Å². The molecule has 0 bridgehead atoms. The van der Waals surface area contributed by atoms with E-state index in [0.29, 0.717) is 25.7 Å². The van der Waals surface area contributed by atoms with Crippen molar-refractivity contribution in [2.75, 3.05) is 39.6 Å². The molecule has 600 valence electrons. The van der Waals surface area contributed by atoms with Crippen LogP contribution in [0.4, 0.5) is 0 Å². The summed E-state index contributed by atoms with van der Waals surface area (Å²) in [6.07, 6.45) is 66.5. The first-order chi connectivity index (χ1) is 49.0. The zero-order chi connectivity index (χ0) is 74.1. The molecule has 101 heavy (non-hydrogen) atoms. The highest BCUT2D eigenvalue weighted by atomic mass is 31.2. The Bertz CT molecular complexity index is 1930. The molecule has 0 spiro atoms.